The Morgan fingerprint density at radius 3 is 2.44 bits per heavy atom. The molecule has 5 rings (SSSR count). The summed E-state index contributed by atoms with van der Waals surface area (Å²) < 4.78 is 21.8. The Hall–Kier alpha value is -3.25. The van der Waals surface area contributed by atoms with Gasteiger partial charge in [0.1, 0.15) is 17.6 Å². The lowest BCUT2D eigenvalue weighted by Crippen LogP contribution is -2.30. The lowest BCUT2D eigenvalue weighted by atomic mass is 9.72. The Bertz CT molecular complexity index is 1080. The molecule has 0 radical (unpaired) electrons. The van der Waals surface area contributed by atoms with E-state index in [1.165, 1.54) is 31.1 Å². The molecule has 1 saturated carbocycles. The van der Waals surface area contributed by atoms with Crippen LogP contribution in [0.15, 0.2) is 77.8 Å². The number of cyclic esters (lactones) is 1. The predicted molar refractivity (Wildman–Crippen MR) is 126 cm³/mol. The Morgan fingerprint density at radius 2 is 1.79 bits per heavy atom. The molecule has 2 atom stereocenters. The van der Waals surface area contributed by atoms with E-state index in [9.17, 15) is 9.90 Å². The van der Waals surface area contributed by atoms with Gasteiger partial charge in [0.05, 0.1) is 7.11 Å². The molecule has 2 heterocycles. The number of carbonyl (C=O) groups excluding carboxylic acids is 1. The van der Waals surface area contributed by atoms with Gasteiger partial charge in [-0.2, -0.15) is 0 Å². The van der Waals surface area contributed by atoms with Gasteiger partial charge in [0.15, 0.2) is 5.76 Å². The van der Waals surface area contributed by atoms with Crippen molar-refractivity contribution in [1.29, 1.82) is 0 Å². The summed E-state index contributed by atoms with van der Waals surface area (Å²) in [7, 11) is 1.58. The number of esters is 1. The fourth-order valence-electron chi connectivity index (χ4n) is 5.46. The highest BCUT2D eigenvalue weighted by Crippen LogP contribution is 2.49. The summed E-state index contributed by atoms with van der Waals surface area (Å²) >= 11 is 0. The second kappa shape index (κ2) is 9.55. The van der Waals surface area contributed by atoms with E-state index in [2.05, 4.69) is 12.1 Å². The highest BCUT2D eigenvalue weighted by Gasteiger charge is 2.50. The van der Waals surface area contributed by atoms with Crippen LogP contribution >= 0.6 is 0 Å². The van der Waals surface area contributed by atoms with Gasteiger partial charge in [0.2, 0.25) is 6.79 Å². The van der Waals surface area contributed by atoms with E-state index < -0.39 is 11.8 Å². The highest BCUT2D eigenvalue weighted by molar-refractivity contribution is 5.97. The number of benzene rings is 2. The van der Waals surface area contributed by atoms with E-state index in [-0.39, 0.29) is 18.3 Å². The Balaban J connectivity index is 1.61. The van der Waals surface area contributed by atoms with Crippen molar-refractivity contribution in [3.05, 3.63) is 88.9 Å². The van der Waals surface area contributed by atoms with Crippen molar-refractivity contribution in [3.63, 3.8) is 0 Å². The van der Waals surface area contributed by atoms with Crippen LogP contribution in [0.4, 0.5) is 0 Å². The maximum absolute atomic E-state index is 13.1. The van der Waals surface area contributed by atoms with Gasteiger partial charge < -0.3 is 24.1 Å². The molecular formula is C28H30O6. The molecule has 3 aliphatic rings. The SMILES string of the molecule is COc1ccc(C2(O)OC(=O)C(C3=COCO3)=C2CC(c2ccccc2)C2CCCCC2)cc1. The molecule has 178 valence electrons. The molecule has 6 heteroatoms. The zero-order valence-electron chi connectivity index (χ0n) is 19.4. The maximum atomic E-state index is 13.1. The second-order valence-electron chi connectivity index (χ2n) is 9.15. The lowest BCUT2D eigenvalue weighted by molar-refractivity contribution is -0.186. The summed E-state index contributed by atoms with van der Waals surface area (Å²) in [6, 6.07) is 17.3. The van der Waals surface area contributed by atoms with Gasteiger partial charge in [-0.15, -0.1) is 0 Å². The smallest absolute Gasteiger partial charge is 0.345 e. The van der Waals surface area contributed by atoms with Crippen molar-refractivity contribution in [2.24, 2.45) is 5.92 Å². The molecule has 0 amide bonds. The second-order valence-corrected chi connectivity index (χ2v) is 9.15. The third kappa shape index (κ3) is 4.18. The number of methoxy groups -OCH3 is 1. The van der Waals surface area contributed by atoms with Crippen LogP contribution in [0.2, 0.25) is 0 Å². The summed E-state index contributed by atoms with van der Waals surface area (Å²) in [6.07, 6.45) is 7.79. The summed E-state index contributed by atoms with van der Waals surface area (Å²) in [5.74, 6) is -0.959. The van der Waals surface area contributed by atoms with Crippen LogP contribution in [0, 0.1) is 5.92 Å². The molecule has 2 aromatic rings. The quantitative estimate of drug-likeness (QED) is 0.564. The molecule has 1 fully saturated rings. The molecule has 2 aliphatic heterocycles. The predicted octanol–water partition coefficient (Wildman–Crippen LogP) is 5.29. The highest BCUT2D eigenvalue weighted by atomic mass is 16.7. The zero-order valence-corrected chi connectivity index (χ0v) is 19.4. The van der Waals surface area contributed by atoms with Crippen LogP contribution < -0.4 is 4.74 Å². The van der Waals surface area contributed by atoms with Crippen LogP contribution in [-0.4, -0.2) is 25.0 Å². The molecule has 2 aromatic carbocycles. The van der Waals surface area contributed by atoms with Gasteiger partial charge in [-0.1, -0.05) is 49.6 Å². The molecule has 1 aliphatic carbocycles. The normalized spacial score (nSPS) is 23.7. The molecule has 0 bridgehead atoms. The van der Waals surface area contributed by atoms with Gasteiger partial charge in [0, 0.05) is 11.1 Å². The fraction of sp³-hybridized carbons (Fsp3) is 0.393. The first kappa shape index (κ1) is 22.5. The van der Waals surface area contributed by atoms with Crippen LogP contribution in [0.3, 0.4) is 0 Å². The van der Waals surface area contributed by atoms with Gasteiger partial charge in [-0.25, -0.2) is 4.79 Å². The summed E-state index contributed by atoms with van der Waals surface area (Å²) in [5, 5.41) is 11.9. The van der Waals surface area contributed by atoms with Crippen LogP contribution in [-0.2, 0) is 24.8 Å². The minimum Gasteiger partial charge on any atom is -0.497 e. The number of rotatable bonds is 7. The summed E-state index contributed by atoms with van der Waals surface area (Å²) in [4.78, 5) is 13.1. The van der Waals surface area contributed by atoms with E-state index in [4.69, 9.17) is 18.9 Å². The van der Waals surface area contributed by atoms with Crippen molar-refractivity contribution in [2.45, 2.75) is 50.2 Å². The minimum atomic E-state index is -1.90. The first-order chi connectivity index (χ1) is 16.6. The summed E-state index contributed by atoms with van der Waals surface area (Å²) in [6.45, 7) is 0.0328. The third-order valence-electron chi connectivity index (χ3n) is 7.23. The van der Waals surface area contributed by atoms with Crippen molar-refractivity contribution >= 4 is 5.97 Å². The maximum Gasteiger partial charge on any atom is 0.345 e. The minimum absolute atomic E-state index is 0.0328. The fourth-order valence-corrected chi connectivity index (χ4v) is 5.46. The van der Waals surface area contributed by atoms with Crippen molar-refractivity contribution < 1.29 is 28.8 Å². The monoisotopic (exact) mass is 462 g/mol. The van der Waals surface area contributed by atoms with E-state index in [1.807, 2.05) is 18.2 Å². The van der Waals surface area contributed by atoms with Crippen molar-refractivity contribution in [1.82, 2.24) is 0 Å². The number of hydrogen-bond acceptors (Lipinski definition) is 6. The molecule has 6 nitrogen and oxygen atoms in total. The van der Waals surface area contributed by atoms with Gasteiger partial charge in [0.25, 0.3) is 5.79 Å². The van der Waals surface area contributed by atoms with Crippen LogP contribution in [0.25, 0.3) is 0 Å². The number of hydrogen-bond donors (Lipinski definition) is 1. The van der Waals surface area contributed by atoms with E-state index >= 15 is 0 Å². The van der Waals surface area contributed by atoms with Crippen molar-refractivity contribution in [2.75, 3.05) is 13.9 Å². The average molecular weight is 463 g/mol. The zero-order chi connectivity index (χ0) is 23.5. The first-order valence-electron chi connectivity index (χ1n) is 11.9. The molecule has 0 aromatic heterocycles. The van der Waals surface area contributed by atoms with Crippen molar-refractivity contribution in [3.8, 4) is 5.75 Å². The third-order valence-corrected chi connectivity index (χ3v) is 7.23. The topological polar surface area (TPSA) is 74.2 Å². The molecule has 0 spiro atoms. The Kier molecular flexibility index (Phi) is 6.33. The molecule has 34 heavy (non-hydrogen) atoms. The Labute approximate surface area is 199 Å². The van der Waals surface area contributed by atoms with E-state index in [1.54, 1.807) is 31.4 Å². The molecule has 0 saturated heterocycles. The number of ether oxygens (including phenoxy) is 4. The number of carbonyl (C=O) groups is 1. The van der Waals surface area contributed by atoms with Gasteiger partial charge >= 0.3 is 5.97 Å². The molecule has 2 unspecified atom stereocenters. The van der Waals surface area contributed by atoms with Crippen LogP contribution in [0.1, 0.15) is 55.6 Å². The lowest BCUT2D eigenvalue weighted by Gasteiger charge is -2.34. The number of aliphatic hydroxyl groups is 1. The summed E-state index contributed by atoms with van der Waals surface area (Å²) in [5.41, 5.74) is 2.45. The van der Waals surface area contributed by atoms with E-state index in [0.29, 0.717) is 35.0 Å². The Morgan fingerprint density at radius 1 is 1.06 bits per heavy atom. The standard InChI is InChI=1S/C28H30O6/c1-31-22-14-12-21(13-15-22)28(30)24(26(27(29)34-28)25-17-32-18-33-25)16-23(19-8-4-2-5-9-19)20-10-6-3-7-11-20/h2,4-5,8-9,12-15,17,20,23,30H,3,6-7,10-11,16,18H2,1H3. The molecular weight excluding hydrogens is 432 g/mol. The van der Waals surface area contributed by atoms with Gasteiger partial charge in [-0.3, -0.25) is 0 Å². The van der Waals surface area contributed by atoms with Crippen LogP contribution in [0.5, 0.6) is 5.75 Å². The largest absolute Gasteiger partial charge is 0.497 e. The van der Waals surface area contributed by atoms with E-state index in [0.717, 1.165) is 12.8 Å². The molecule has 1 N–H and O–H groups in total. The van der Waals surface area contributed by atoms with Gasteiger partial charge in [-0.05, 0) is 60.9 Å². The first-order valence-corrected chi connectivity index (χ1v) is 11.9. The average Bonchev–Trinajstić information content (AvgIpc) is 3.49.